The van der Waals surface area contributed by atoms with E-state index in [1.54, 1.807) is 26.3 Å². The summed E-state index contributed by atoms with van der Waals surface area (Å²) in [6.45, 7) is 0. The molecule has 0 amide bonds. The number of benzene rings is 1. The van der Waals surface area contributed by atoms with E-state index in [2.05, 4.69) is 10.3 Å². The van der Waals surface area contributed by atoms with Gasteiger partial charge in [0.05, 0.1) is 19.7 Å². The number of ether oxygens (including phenoxy) is 2. The van der Waals surface area contributed by atoms with Crippen LogP contribution in [0.3, 0.4) is 0 Å². The summed E-state index contributed by atoms with van der Waals surface area (Å²) < 4.78 is 10.4. The number of nitrogens with zero attached hydrogens (tertiary/aromatic N) is 1. The normalized spacial score (nSPS) is 10.3. The van der Waals surface area contributed by atoms with Gasteiger partial charge in [0.15, 0.2) is 17.2 Å². The number of pyridine rings is 1. The fourth-order valence-electron chi connectivity index (χ4n) is 1.87. The highest BCUT2D eigenvalue weighted by Crippen LogP contribution is 2.34. The van der Waals surface area contributed by atoms with Gasteiger partial charge in [-0.15, -0.1) is 0 Å². The van der Waals surface area contributed by atoms with Gasteiger partial charge < -0.3 is 19.9 Å². The van der Waals surface area contributed by atoms with Crippen LogP contribution in [-0.4, -0.2) is 37.3 Å². The second-order valence-corrected chi connectivity index (χ2v) is 3.83. The highest BCUT2D eigenvalue weighted by atomic mass is 16.5. The summed E-state index contributed by atoms with van der Waals surface area (Å²) in [5, 5.41) is 12.8. The molecule has 2 rings (SSSR count). The molecule has 1 aromatic carbocycles. The molecule has 0 saturated heterocycles. The fraction of sp³-hybridized carbons (Fsp3) is 0.231. The van der Waals surface area contributed by atoms with Crippen molar-refractivity contribution in [3.8, 4) is 11.5 Å². The third-order valence-corrected chi connectivity index (χ3v) is 2.80. The molecule has 0 spiro atoms. The summed E-state index contributed by atoms with van der Waals surface area (Å²) in [6.07, 6.45) is 0. The van der Waals surface area contributed by atoms with Crippen molar-refractivity contribution in [3.63, 3.8) is 0 Å². The Balaban J connectivity index is 2.78. The Labute approximate surface area is 110 Å². The molecule has 2 aromatic rings. The molecule has 1 aromatic heterocycles. The first-order valence-electron chi connectivity index (χ1n) is 5.58. The van der Waals surface area contributed by atoms with Crippen LogP contribution in [0.25, 0.3) is 10.9 Å². The SMILES string of the molecule is CNc1cc(C(=O)O)nc2cc(OC)c(OC)cc12. The van der Waals surface area contributed by atoms with Gasteiger partial charge in [-0.2, -0.15) is 0 Å². The highest BCUT2D eigenvalue weighted by Gasteiger charge is 2.14. The minimum atomic E-state index is -1.08. The van der Waals surface area contributed by atoms with Gasteiger partial charge in [-0.05, 0) is 12.1 Å². The lowest BCUT2D eigenvalue weighted by molar-refractivity contribution is 0.0691. The Morgan fingerprint density at radius 1 is 1.21 bits per heavy atom. The van der Waals surface area contributed by atoms with Crippen molar-refractivity contribution in [2.24, 2.45) is 0 Å². The maximum absolute atomic E-state index is 11.0. The molecule has 1 heterocycles. The number of hydrogen-bond donors (Lipinski definition) is 2. The van der Waals surface area contributed by atoms with Gasteiger partial charge >= 0.3 is 5.97 Å². The van der Waals surface area contributed by atoms with Crippen LogP contribution in [0.1, 0.15) is 10.5 Å². The highest BCUT2D eigenvalue weighted by molar-refractivity contribution is 5.98. The largest absolute Gasteiger partial charge is 0.493 e. The molecule has 2 N–H and O–H groups in total. The first-order chi connectivity index (χ1) is 9.10. The van der Waals surface area contributed by atoms with Crippen LogP contribution in [-0.2, 0) is 0 Å². The van der Waals surface area contributed by atoms with Crippen LogP contribution >= 0.6 is 0 Å². The van der Waals surface area contributed by atoms with Gasteiger partial charge in [-0.3, -0.25) is 0 Å². The Morgan fingerprint density at radius 2 is 1.84 bits per heavy atom. The average Bonchev–Trinajstić information content (AvgIpc) is 2.44. The Bertz CT molecular complexity index is 640. The lowest BCUT2D eigenvalue weighted by Crippen LogP contribution is -2.03. The molecular weight excluding hydrogens is 248 g/mol. The van der Waals surface area contributed by atoms with E-state index >= 15 is 0 Å². The monoisotopic (exact) mass is 262 g/mol. The Kier molecular flexibility index (Phi) is 3.41. The van der Waals surface area contributed by atoms with Gasteiger partial charge in [0.25, 0.3) is 0 Å². The van der Waals surface area contributed by atoms with E-state index in [-0.39, 0.29) is 5.69 Å². The molecular formula is C13H14N2O4. The minimum absolute atomic E-state index is 0.0240. The number of nitrogens with one attached hydrogen (secondary N) is 1. The van der Waals surface area contributed by atoms with Gasteiger partial charge in [-0.1, -0.05) is 0 Å². The van der Waals surface area contributed by atoms with Crippen LogP contribution < -0.4 is 14.8 Å². The summed E-state index contributed by atoms with van der Waals surface area (Å²) in [4.78, 5) is 15.1. The Hall–Kier alpha value is -2.50. The molecule has 6 heteroatoms. The second kappa shape index (κ2) is 5.01. The van der Waals surface area contributed by atoms with Crippen LogP contribution in [0.5, 0.6) is 11.5 Å². The van der Waals surface area contributed by atoms with Crippen molar-refractivity contribution in [3.05, 3.63) is 23.9 Å². The van der Waals surface area contributed by atoms with E-state index in [1.807, 2.05) is 0 Å². The van der Waals surface area contributed by atoms with Crippen molar-refractivity contribution in [2.45, 2.75) is 0 Å². The maximum Gasteiger partial charge on any atom is 0.354 e. The van der Waals surface area contributed by atoms with E-state index in [1.165, 1.54) is 13.2 Å². The Morgan fingerprint density at radius 3 is 2.37 bits per heavy atom. The van der Waals surface area contributed by atoms with Crippen molar-refractivity contribution in [2.75, 3.05) is 26.6 Å². The quantitative estimate of drug-likeness (QED) is 0.877. The summed E-state index contributed by atoms with van der Waals surface area (Å²) in [7, 11) is 4.78. The van der Waals surface area contributed by atoms with Gasteiger partial charge in [-0.25, -0.2) is 9.78 Å². The van der Waals surface area contributed by atoms with E-state index < -0.39 is 5.97 Å². The van der Waals surface area contributed by atoms with Crippen molar-refractivity contribution in [1.29, 1.82) is 0 Å². The molecule has 100 valence electrons. The molecule has 0 saturated carbocycles. The van der Waals surface area contributed by atoms with Crippen LogP contribution in [0.2, 0.25) is 0 Å². The standard InChI is InChI=1S/C13H14N2O4/c1-14-8-5-10(13(16)17)15-9-6-12(19-3)11(18-2)4-7(8)9/h4-6H,1-3H3,(H,14,15)(H,16,17). The minimum Gasteiger partial charge on any atom is -0.493 e. The van der Waals surface area contributed by atoms with Gasteiger partial charge in [0.2, 0.25) is 0 Å². The molecule has 0 atom stereocenters. The number of carboxylic acid groups (broad SMARTS) is 1. The topological polar surface area (TPSA) is 80.7 Å². The van der Waals surface area contributed by atoms with E-state index in [4.69, 9.17) is 14.6 Å². The molecule has 0 radical (unpaired) electrons. The zero-order valence-electron chi connectivity index (χ0n) is 10.9. The number of carbonyl (C=O) groups is 1. The van der Waals surface area contributed by atoms with Crippen LogP contribution in [0, 0.1) is 0 Å². The summed E-state index contributed by atoms with van der Waals surface area (Å²) in [6, 6.07) is 4.90. The number of carboxylic acids is 1. The number of aromatic nitrogens is 1. The lowest BCUT2D eigenvalue weighted by Gasteiger charge is -2.12. The molecule has 0 bridgehead atoms. The van der Waals surface area contributed by atoms with Gasteiger partial charge in [0, 0.05) is 24.2 Å². The summed E-state index contributed by atoms with van der Waals surface area (Å²) in [5.74, 6) is -0.00310. The molecule has 19 heavy (non-hydrogen) atoms. The molecule has 0 aliphatic rings. The number of anilines is 1. The summed E-state index contributed by atoms with van der Waals surface area (Å²) in [5.41, 5.74) is 1.18. The second-order valence-electron chi connectivity index (χ2n) is 3.83. The van der Waals surface area contributed by atoms with E-state index in [0.29, 0.717) is 22.7 Å². The van der Waals surface area contributed by atoms with Crippen LogP contribution in [0.4, 0.5) is 5.69 Å². The molecule has 0 aliphatic carbocycles. The molecule has 6 nitrogen and oxygen atoms in total. The maximum atomic E-state index is 11.0. The predicted octanol–water partition coefficient (Wildman–Crippen LogP) is 1.99. The lowest BCUT2D eigenvalue weighted by atomic mass is 10.1. The average molecular weight is 262 g/mol. The molecule has 0 fully saturated rings. The first kappa shape index (κ1) is 12.9. The third kappa shape index (κ3) is 2.24. The zero-order chi connectivity index (χ0) is 14.0. The van der Waals surface area contributed by atoms with Crippen LogP contribution in [0.15, 0.2) is 18.2 Å². The zero-order valence-corrected chi connectivity index (χ0v) is 10.9. The predicted molar refractivity (Wildman–Crippen MR) is 71.4 cm³/mol. The van der Waals surface area contributed by atoms with Crippen molar-refractivity contribution in [1.82, 2.24) is 4.98 Å². The van der Waals surface area contributed by atoms with E-state index in [9.17, 15) is 4.79 Å². The number of rotatable bonds is 4. The van der Waals surface area contributed by atoms with Gasteiger partial charge in [0.1, 0.15) is 0 Å². The summed E-state index contributed by atoms with van der Waals surface area (Å²) >= 11 is 0. The number of methoxy groups -OCH3 is 2. The number of aromatic carboxylic acids is 1. The number of fused-ring (bicyclic) bond motifs is 1. The van der Waals surface area contributed by atoms with E-state index in [0.717, 1.165) is 5.39 Å². The third-order valence-electron chi connectivity index (χ3n) is 2.80. The fourth-order valence-corrected chi connectivity index (χ4v) is 1.87. The molecule has 0 unspecified atom stereocenters. The van der Waals surface area contributed by atoms with Crippen molar-refractivity contribution < 1.29 is 19.4 Å². The van der Waals surface area contributed by atoms with Crippen molar-refractivity contribution >= 4 is 22.6 Å². The smallest absolute Gasteiger partial charge is 0.354 e. The first-order valence-corrected chi connectivity index (χ1v) is 5.58. The number of hydrogen-bond acceptors (Lipinski definition) is 5. The molecule has 0 aliphatic heterocycles.